The van der Waals surface area contributed by atoms with Gasteiger partial charge < -0.3 is 4.42 Å². The van der Waals surface area contributed by atoms with Gasteiger partial charge in [-0.25, -0.2) is 4.98 Å². The molecule has 2 heterocycles. The lowest BCUT2D eigenvalue weighted by molar-refractivity contribution is 0.578. The van der Waals surface area contributed by atoms with Crippen LogP contribution in [0.3, 0.4) is 0 Å². The number of aryl methyl sites for hydroxylation is 1. The number of nitrogens with zero attached hydrogens (tertiary/aromatic N) is 1. The number of hydrogen-bond acceptors (Lipinski definition) is 2. The van der Waals surface area contributed by atoms with Crippen LogP contribution in [0.5, 0.6) is 0 Å². The average Bonchev–Trinajstić information content (AvgIpc) is 3.07. The molecule has 5 aromatic rings. The first-order chi connectivity index (χ1) is 13.4. The number of aromatic nitrogens is 1. The van der Waals surface area contributed by atoms with E-state index >= 15 is 0 Å². The summed E-state index contributed by atoms with van der Waals surface area (Å²) >= 11 is 0. The molecule has 2 aromatic heterocycles. The van der Waals surface area contributed by atoms with Crippen LogP contribution < -0.4 is 0 Å². The number of benzene rings is 3. The maximum absolute atomic E-state index is 6.14. The zero-order valence-electron chi connectivity index (χ0n) is 16.7. The molecule has 0 unspecified atom stereocenters. The second kappa shape index (κ2) is 5.93. The minimum atomic E-state index is 0.0324. The smallest absolute Gasteiger partial charge is 0.161 e. The molecule has 0 saturated heterocycles. The summed E-state index contributed by atoms with van der Waals surface area (Å²) in [5, 5.41) is 4.79. The van der Waals surface area contributed by atoms with Gasteiger partial charge in [-0.1, -0.05) is 63.2 Å². The molecular formula is C26H23NO. The molecular weight excluding hydrogens is 342 g/mol. The lowest BCUT2D eigenvalue weighted by atomic mass is 9.82. The van der Waals surface area contributed by atoms with Crippen molar-refractivity contribution in [2.45, 2.75) is 33.1 Å². The molecule has 0 bridgehead atoms. The largest absolute Gasteiger partial charge is 0.459 e. The predicted molar refractivity (Wildman–Crippen MR) is 118 cm³/mol. The van der Waals surface area contributed by atoms with E-state index in [9.17, 15) is 0 Å². The Hall–Kier alpha value is -3.13. The summed E-state index contributed by atoms with van der Waals surface area (Å²) in [6.45, 7) is 8.79. The van der Waals surface area contributed by atoms with E-state index in [2.05, 4.69) is 81.4 Å². The van der Waals surface area contributed by atoms with Gasteiger partial charge >= 0.3 is 0 Å². The van der Waals surface area contributed by atoms with Gasteiger partial charge in [0.1, 0.15) is 11.5 Å². The van der Waals surface area contributed by atoms with Gasteiger partial charge in [-0.3, -0.25) is 0 Å². The van der Waals surface area contributed by atoms with Crippen LogP contribution in [-0.2, 0) is 5.41 Å². The first kappa shape index (κ1) is 17.0. The van der Waals surface area contributed by atoms with E-state index in [-0.39, 0.29) is 5.41 Å². The summed E-state index contributed by atoms with van der Waals surface area (Å²) in [6, 6.07) is 23.5. The third-order valence-electron chi connectivity index (χ3n) is 5.44. The van der Waals surface area contributed by atoms with Crippen molar-refractivity contribution in [3.63, 3.8) is 0 Å². The number of pyridine rings is 1. The molecule has 0 aliphatic rings. The van der Waals surface area contributed by atoms with Gasteiger partial charge in [0, 0.05) is 16.3 Å². The van der Waals surface area contributed by atoms with E-state index in [0.29, 0.717) is 0 Å². The second-order valence-corrected chi connectivity index (χ2v) is 8.57. The van der Waals surface area contributed by atoms with Crippen molar-refractivity contribution < 1.29 is 4.42 Å². The Morgan fingerprint density at radius 1 is 0.786 bits per heavy atom. The van der Waals surface area contributed by atoms with Crippen LogP contribution in [-0.4, -0.2) is 4.98 Å². The van der Waals surface area contributed by atoms with Crippen LogP contribution in [0.25, 0.3) is 43.9 Å². The Bertz CT molecular complexity index is 1350. The lowest BCUT2D eigenvalue weighted by Gasteiger charge is -2.22. The molecule has 2 heteroatoms. The first-order valence-electron chi connectivity index (χ1n) is 9.74. The van der Waals surface area contributed by atoms with Crippen molar-refractivity contribution in [1.29, 1.82) is 0 Å². The fraction of sp³-hybridized carbons (Fsp3) is 0.192. The van der Waals surface area contributed by atoms with Gasteiger partial charge in [0.15, 0.2) is 5.58 Å². The van der Waals surface area contributed by atoms with E-state index in [1.165, 1.54) is 16.3 Å². The summed E-state index contributed by atoms with van der Waals surface area (Å²) in [6.07, 6.45) is 0. The highest BCUT2D eigenvalue weighted by molar-refractivity contribution is 6.09. The maximum atomic E-state index is 6.14. The fourth-order valence-electron chi connectivity index (χ4n) is 4.12. The zero-order chi connectivity index (χ0) is 19.5. The normalized spacial score (nSPS) is 12.3. The highest BCUT2D eigenvalue weighted by Crippen LogP contribution is 2.38. The van der Waals surface area contributed by atoms with Crippen LogP contribution in [0.4, 0.5) is 0 Å². The fourth-order valence-corrected chi connectivity index (χ4v) is 4.12. The van der Waals surface area contributed by atoms with E-state index in [1.807, 2.05) is 13.0 Å². The minimum absolute atomic E-state index is 0.0324. The van der Waals surface area contributed by atoms with Crippen LogP contribution in [0.15, 0.2) is 71.1 Å². The van der Waals surface area contributed by atoms with E-state index in [0.717, 1.165) is 38.9 Å². The summed E-state index contributed by atoms with van der Waals surface area (Å²) < 4.78 is 6.14. The monoisotopic (exact) mass is 365 g/mol. The van der Waals surface area contributed by atoms with Gasteiger partial charge in [-0.05, 0) is 52.9 Å². The number of furan rings is 1. The molecule has 0 aliphatic carbocycles. The molecule has 0 radical (unpaired) electrons. The Morgan fingerprint density at radius 3 is 2.29 bits per heavy atom. The molecule has 28 heavy (non-hydrogen) atoms. The average molecular weight is 365 g/mol. The van der Waals surface area contributed by atoms with Crippen molar-refractivity contribution in [1.82, 2.24) is 4.98 Å². The van der Waals surface area contributed by atoms with Crippen molar-refractivity contribution in [2.24, 2.45) is 0 Å². The molecule has 5 rings (SSSR count). The van der Waals surface area contributed by atoms with Crippen molar-refractivity contribution in [3.05, 3.63) is 78.1 Å². The highest BCUT2D eigenvalue weighted by atomic mass is 16.3. The summed E-state index contributed by atoms with van der Waals surface area (Å²) in [5.74, 6) is 0.909. The number of para-hydroxylation sites is 1. The van der Waals surface area contributed by atoms with Gasteiger partial charge in [0.25, 0.3) is 0 Å². The summed E-state index contributed by atoms with van der Waals surface area (Å²) in [4.78, 5) is 5.02. The summed E-state index contributed by atoms with van der Waals surface area (Å²) in [7, 11) is 0. The second-order valence-electron chi connectivity index (χ2n) is 8.57. The number of rotatable bonds is 1. The van der Waals surface area contributed by atoms with Gasteiger partial charge in [0.2, 0.25) is 0 Å². The van der Waals surface area contributed by atoms with Crippen LogP contribution in [0, 0.1) is 6.92 Å². The first-order valence-corrected chi connectivity index (χ1v) is 9.74. The molecule has 0 aliphatic heterocycles. The molecule has 0 atom stereocenters. The maximum Gasteiger partial charge on any atom is 0.161 e. The highest BCUT2D eigenvalue weighted by Gasteiger charge is 2.21. The standard InChI is InChI=1S/C26H23NO/c1-16-13-21-20-11-7-8-12-23(20)27-24(25(21)28-16)18-14-17-9-5-6-10-19(17)22(15-18)26(2,3)4/h5-15H,1-4H3. The van der Waals surface area contributed by atoms with Gasteiger partial charge in [-0.15, -0.1) is 0 Å². The lowest BCUT2D eigenvalue weighted by Crippen LogP contribution is -2.12. The van der Waals surface area contributed by atoms with Crippen LogP contribution in [0.1, 0.15) is 32.1 Å². The SMILES string of the molecule is Cc1cc2c(o1)c(-c1cc(C(C)(C)C)c3ccccc3c1)nc1ccccc12. The Kier molecular flexibility index (Phi) is 3.60. The molecule has 0 N–H and O–H groups in total. The third-order valence-corrected chi connectivity index (χ3v) is 5.44. The Morgan fingerprint density at radius 2 is 1.50 bits per heavy atom. The molecule has 0 spiro atoms. The molecule has 3 aromatic carbocycles. The predicted octanol–water partition coefficient (Wildman–Crippen LogP) is 7.41. The van der Waals surface area contributed by atoms with E-state index in [1.54, 1.807) is 0 Å². The summed E-state index contributed by atoms with van der Waals surface area (Å²) in [5.41, 5.74) is 5.24. The van der Waals surface area contributed by atoms with E-state index < -0.39 is 0 Å². The minimum Gasteiger partial charge on any atom is -0.459 e. The van der Waals surface area contributed by atoms with Crippen LogP contribution in [0.2, 0.25) is 0 Å². The number of fused-ring (bicyclic) bond motifs is 4. The molecule has 0 fully saturated rings. The molecule has 2 nitrogen and oxygen atoms in total. The topological polar surface area (TPSA) is 26.0 Å². The van der Waals surface area contributed by atoms with Gasteiger partial charge in [0.05, 0.1) is 5.52 Å². The van der Waals surface area contributed by atoms with Crippen LogP contribution >= 0.6 is 0 Å². The third kappa shape index (κ3) is 2.60. The quantitative estimate of drug-likeness (QED) is 0.309. The Balaban J connectivity index is 1.91. The van der Waals surface area contributed by atoms with Crippen molar-refractivity contribution in [2.75, 3.05) is 0 Å². The molecule has 0 saturated carbocycles. The van der Waals surface area contributed by atoms with Gasteiger partial charge in [-0.2, -0.15) is 0 Å². The van der Waals surface area contributed by atoms with E-state index in [4.69, 9.17) is 9.40 Å². The molecule has 138 valence electrons. The van der Waals surface area contributed by atoms with Crippen molar-refractivity contribution in [3.8, 4) is 11.3 Å². The molecule has 0 amide bonds. The zero-order valence-corrected chi connectivity index (χ0v) is 16.7. The Labute approximate surface area is 164 Å². The number of hydrogen-bond donors (Lipinski definition) is 0. The van der Waals surface area contributed by atoms with Crippen molar-refractivity contribution >= 4 is 32.6 Å².